The summed E-state index contributed by atoms with van der Waals surface area (Å²) in [6.45, 7) is 4.99. The fraction of sp³-hybridized carbons (Fsp3) is 0.308. The minimum absolute atomic E-state index is 0.0251. The van der Waals surface area contributed by atoms with Gasteiger partial charge < -0.3 is 15.1 Å². The van der Waals surface area contributed by atoms with Gasteiger partial charge in [0.25, 0.3) is 5.91 Å². The lowest BCUT2D eigenvalue weighted by Gasteiger charge is -2.28. The summed E-state index contributed by atoms with van der Waals surface area (Å²) in [5.74, 6) is -0.491. The fourth-order valence-corrected chi connectivity index (χ4v) is 4.70. The van der Waals surface area contributed by atoms with Gasteiger partial charge in [-0.25, -0.2) is 4.98 Å². The van der Waals surface area contributed by atoms with E-state index in [1.54, 1.807) is 29.6 Å². The zero-order chi connectivity index (χ0) is 24.1. The standard InChI is InChI=1S/C26H28N4O3S/c1-18(2)30(25(33)20-9-4-3-5-10-20)16-23(31)28-26-27-22(17-34-26)14-24(32)29-13-12-19-8-6-7-11-21(19)15-29/h3-11,17-18H,12-16H2,1-2H3,(H,27,28,31). The highest BCUT2D eigenvalue weighted by Gasteiger charge is 2.23. The van der Waals surface area contributed by atoms with Crippen molar-refractivity contribution in [2.45, 2.75) is 39.3 Å². The number of hydrogen-bond donors (Lipinski definition) is 1. The first-order valence-corrected chi connectivity index (χ1v) is 12.2. The lowest BCUT2D eigenvalue weighted by molar-refractivity contribution is -0.131. The summed E-state index contributed by atoms with van der Waals surface area (Å²) in [6.07, 6.45) is 1.05. The van der Waals surface area contributed by atoms with Crippen LogP contribution in [-0.2, 0) is 29.0 Å². The molecule has 3 aromatic rings. The van der Waals surface area contributed by atoms with E-state index in [0.717, 1.165) is 6.42 Å². The van der Waals surface area contributed by atoms with Gasteiger partial charge in [0.15, 0.2) is 5.13 Å². The van der Waals surface area contributed by atoms with Crippen LogP contribution >= 0.6 is 11.3 Å². The summed E-state index contributed by atoms with van der Waals surface area (Å²) in [7, 11) is 0. The van der Waals surface area contributed by atoms with E-state index in [0.29, 0.717) is 29.5 Å². The highest BCUT2D eigenvalue weighted by Crippen LogP contribution is 2.21. The van der Waals surface area contributed by atoms with Crippen molar-refractivity contribution in [2.24, 2.45) is 0 Å². The quantitative estimate of drug-likeness (QED) is 0.563. The Morgan fingerprint density at radius 1 is 1.06 bits per heavy atom. The maximum atomic E-state index is 12.8. The number of hydrogen-bond acceptors (Lipinski definition) is 5. The van der Waals surface area contributed by atoms with Gasteiger partial charge in [0.2, 0.25) is 11.8 Å². The third-order valence-corrected chi connectivity index (χ3v) is 6.64. The van der Waals surface area contributed by atoms with Crippen molar-refractivity contribution in [1.29, 1.82) is 0 Å². The van der Waals surface area contributed by atoms with E-state index in [4.69, 9.17) is 0 Å². The molecule has 3 amide bonds. The molecule has 2 aromatic carbocycles. The molecule has 4 rings (SSSR count). The Kier molecular flexibility index (Phi) is 7.37. The number of anilines is 1. The van der Waals surface area contributed by atoms with Gasteiger partial charge in [-0.2, -0.15) is 0 Å². The molecule has 1 aliphatic heterocycles. The minimum Gasteiger partial charge on any atom is -0.338 e. The Morgan fingerprint density at radius 2 is 1.76 bits per heavy atom. The van der Waals surface area contributed by atoms with Crippen LogP contribution in [0, 0.1) is 0 Å². The van der Waals surface area contributed by atoms with Crippen molar-refractivity contribution in [1.82, 2.24) is 14.8 Å². The smallest absolute Gasteiger partial charge is 0.254 e. The summed E-state index contributed by atoms with van der Waals surface area (Å²) >= 11 is 1.28. The third-order valence-electron chi connectivity index (χ3n) is 5.83. The molecule has 8 heteroatoms. The van der Waals surface area contributed by atoms with E-state index in [-0.39, 0.29) is 36.7 Å². The summed E-state index contributed by atoms with van der Waals surface area (Å²) in [5, 5.41) is 4.99. The van der Waals surface area contributed by atoms with Gasteiger partial charge >= 0.3 is 0 Å². The van der Waals surface area contributed by atoms with Crippen molar-refractivity contribution in [3.8, 4) is 0 Å². The Balaban J connectivity index is 1.33. The molecular formula is C26H28N4O3S. The van der Waals surface area contributed by atoms with Crippen LogP contribution in [0.4, 0.5) is 5.13 Å². The molecule has 1 aliphatic rings. The van der Waals surface area contributed by atoms with E-state index in [1.807, 2.05) is 36.9 Å². The SMILES string of the molecule is CC(C)N(CC(=O)Nc1nc(CC(=O)N2CCc3ccccc3C2)cs1)C(=O)c1ccccc1. The zero-order valence-electron chi connectivity index (χ0n) is 19.4. The van der Waals surface area contributed by atoms with E-state index >= 15 is 0 Å². The molecule has 0 aliphatic carbocycles. The monoisotopic (exact) mass is 476 g/mol. The summed E-state index contributed by atoms with van der Waals surface area (Å²) < 4.78 is 0. The van der Waals surface area contributed by atoms with E-state index in [9.17, 15) is 14.4 Å². The van der Waals surface area contributed by atoms with Crippen molar-refractivity contribution in [3.63, 3.8) is 0 Å². The van der Waals surface area contributed by atoms with Crippen molar-refractivity contribution in [3.05, 3.63) is 82.4 Å². The number of amides is 3. The zero-order valence-corrected chi connectivity index (χ0v) is 20.2. The molecule has 0 saturated heterocycles. The van der Waals surface area contributed by atoms with Crippen molar-refractivity contribution < 1.29 is 14.4 Å². The van der Waals surface area contributed by atoms with Crippen LogP contribution in [-0.4, -0.2) is 51.6 Å². The number of benzene rings is 2. The van der Waals surface area contributed by atoms with Gasteiger partial charge in [-0.05, 0) is 43.5 Å². The van der Waals surface area contributed by atoms with Gasteiger partial charge in [0.1, 0.15) is 6.54 Å². The molecule has 1 aromatic heterocycles. The molecule has 1 N–H and O–H groups in total. The maximum absolute atomic E-state index is 12.8. The van der Waals surface area contributed by atoms with Crippen LogP contribution in [0.2, 0.25) is 0 Å². The van der Waals surface area contributed by atoms with Crippen LogP contribution in [0.15, 0.2) is 60.0 Å². The van der Waals surface area contributed by atoms with Crippen LogP contribution in [0.1, 0.15) is 41.0 Å². The summed E-state index contributed by atoms with van der Waals surface area (Å²) in [5.41, 5.74) is 3.66. The maximum Gasteiger partial charge on any atom is 0.254 e. The number of nitrogens with zero attached hydrogens (tertiary/aromatic N) is 3. The lowest BCUT2D eigenvalue weighted by atomic mass is 10.00. The number of carbonyl (C=O) groups is 3. The molecule has 7 nitrogen and oxygen atoms in total. The average Bonchev–Trinajstić information content (AvgIpc) is 3.28. The minimum atomic E-state index is -0.321. The van der Waals surface area contributed by atoms with E-state index < -0.39 is 0 Å². The molecule has 0 unspecified atom stereocenters. The second kappa shape index (κ2) is 10.6. The first-order valence-electron chi connectivity index (χ1n) is 11.4. The van der Waals surface area contributed by atoms with Gasteiger partial charge in [-0.3, -0.25) is 14.4 Å². The van der Waals surface area contributed by atoms with Gasteiger partial charge in [0, 0.05) is 30.1 Å². The molecule has 176 valence electrons. The predicted octanol–water partition coefficient (Wildman–Crippen LogP) is 3.76. The average molecular weight is 477 g/mol. The highest BCUT2D eigenvalue weighted by molar-refractivity contribution is 7.13. The van der Waals surface area contributed by atoms with Crippen molar-refractivity contribution >= 4 is 34.2 Å². The number of fused-ring (bicyclic) bond motifs is 1. The van der Waals surface area contributed by atoms with Crippen LogP contribution in [0.25, 0.3) is 0 Å². The first-order chi connectivity index (χ1) is 16.4. The molecule has 0 atom stereocenters. The lowest BCUT2D eigenvalue weighted by Crippen LogP contribution is -2.42. The number of carbonyl (C=O) groups excluding carboxylic acids is 3. The molecule has 34 heavy (non-hydrogen) atoms. The molecule has 2 heterocycles. The molecule has 0 radical (unpaired) electrons. The number of thiazole rings is 1. The number of rotatable bonds is 7. The summed E-state index contributed by atoms with van der Waals surface area (Å²) in [6, 6.07) is 17.0. The van der Waals surface area contributed by atoms with Crippen LogP contribution < -0.4 is 5.32 Å². The fourth-order valence-electron chi connectivity index (χ4n) is 3.97. The number of nitrogens with one attached hydrogen (secondary N) is 1. The van der Waals surface area contributed by atoms with Crippen LogP contribution in [0.5, 0.6) is 0 Å². The van der Waals surface area contributed by atoms with E-state index in [2.05, 4.69) is 22.4 Å². The normalized spacial score (nSPS) is 12.9. The second-order valence-electron chi connectivity index (χ2n) is 8.60. The Morgan fingerprint density at radius 3 is 2.50 bits per heavy atom. The molecule has 0 bridgehead atoms. The topological polar surface area (TPSA) is 82.6 Å². The van der Waals surface area contributed by atoms with E-state index in [1.165, 1.54) is 27.4 Å². The Hall–Kier alpha value is -3.52. The Bertz CT molecular complexity index is 1180. The second-order valence-corrected chi connectivity index (χ2v) is 9.45. The van der Waals surface area contributed by atoms with Crippen molar-refractivity contribution in [2.75, 3.05) is 18.4 Å². The summed E-state index contributed by atoms with van der Waals surface area (Å²) in [4.78, 5) is 46.1. The predicted molar refractivity (Wildman–Crippen MR) is 133 cm³/mol. The third kappa shape index (κ3) is 5.69. The largest absolute Gasteiger partial charge is 0.338 e. The molecule has 0 spiro atoms. The molecular weight excluding hydrogens is 448 g/mol. The number of aromatic nitrogens is 1. The van der Waals surface area contributed by atoms with Gasteiger partial charge in [-0.15, -0.1) is 11.3 Å². The Labute approximate surface area is 203 Å². The molecule has 0 saturated carbocycles. The van der Waals surface area contributed by atoms with Gasteiger partial charge in [0.05, 0.1) is 12.1 Å². The van der Waals surface area contributed by atoms with Gasteiger partial charge in [-0.1, -0.05) is 42.5 Å². The molecule has 0 fully saturated rings. The first kappa shape index (κ1) is 23.6. The highest BCUT2D eigenvalue weighted by atomic mass is 32.1. The van der Waals surface area contributed by atoms with Crippen LogP contribution in [0.3, 0.4) is 0 Å².